The SMILES string of the molecule is COc1ccc(C2=NN(C(N)=S)C(c3ccc[cH-]3)C2)cc1OC.[CH]1[CH][CH-]C=C1.[Fe+2]. The van der Waals surface area contributed by atoms with Gasteiger partial charge in [-0.3, -0.25) is 0 Å². The molecule has 2 aromatic carbocycles. The molecule has 0 saturated carbocycles. The van der Waals surface area contributed by atoms with E-state index in [4.69, 9.17) is 27.4 Å². The summed E-state index contributed by atoms with van der Waals surface area (Å²) < 4.78 is 10.6. The maximum Gasteiger partial charge on any atom is 2.00 e. The van der Waals surface area contributed by atoms with Crippen molar-refractivity contribution in [1.29, 1.82) is 0 Å². The fourth-order valence-electron chi connectivity index (χ4n) is 3.10. The van der Waals surface area contributed by atoms with E-state index in [-0.39, 0.29) is 28.2 Å². The summed E-state index contributed by atoms with van der Waals surface area (Å²) in [5.74, 6) is 1.36. The molecule has 2 radical (unpaired) electrons. The van der Waals surface area contributed by atoms with Gasteiger partial charge in [-0.25, -0.2) is 35.7 Å². The Balaban J connectivity index is 0.000000437. The Hall–Kier alpha value is -2.34. The first-order valence-corrected chi connectivity index (χ1v) is 9.31. The molecule has 0 bridgehead atoms. The average Bonchev–Trinajstić information content (AvgIpc) is 3.49. The molecular weight excluding hydrogens is 426 g/mol. The second-order valence-electron chi connectivity index (χ2n) is 6.20. The number of allylic oxidation sites excluding steroid dienone is 2. The van der Waals surface area contributed by atoms with Crippen LogP contribution in [0.2, 0.25) is 0 Å². The zero-order chi connectivity index (χ0) is 19.9. The molecule has 4 rings (SSSR count). The molecule has 1 unspecified atom stereocenters. The predicted molar refractivity (Wildman–Crippen MR) is 116 cm³/mol. The number of nitrogens with zero attached hydrogens (tertiary/aromatic N) is 2. The Morgan fingerprint density at radius 2 is 2.03 bits per heavy atom. The maximum atomic E-state index is 5.84. The van der Waals surface area contributed by atoms with Gasteiger partial charge in [0.1, 0.15) is 0 Å². The van der Waals surface area contributed by atoms with Crippen molar-refractivity contribution in [2.24, 2.45) is 10.8 Å². The average molecular weight is 449 g/mol. The molecule has 152 valence electrons. The van der Waals surface area contributed by atoms with E-state index in [1.807, 2.05) is 61.7 Å². The first-order chi connectivity index (χ1) is 13.6. The van der Waals surface area contributed by atoms with Gasteiger partial charge in [0.25, 0.3) is 0 Å². The Morgan fingerprint density at radius 1 is 1.24 bits per heavy atom. The van der Waals surface area contributed by atoms with E-state index in [1.54, 1.807) is 19.2 Å². The van der Waals surface area contributed by atoms with Crippen molar-refractivity contribution in [2.75, 3.05) is 14.2 Å². The topological polar surface area (TPSA) is 60.1 Å². The van der Waals surface area contributed by atoms with Crippen LogP contribution in [0.1, 0.15) is 23.6 Å². The standard InChI is InChI=1S/C17H18N3O2S.C5H5.Fe/c1-21-15-8-7-12(9-16(15)22-2)13-10-14(11-5-3-4-6-11)20(19-13)17(18)23;1-2-4-5-3-1;/h3-9,14H,10H2,1-2H3,(H2,18,23);1-5H;/q2*-1;+2. The third-order valence-electron chi connectivity index (χ3n) is 4.48. The number of hydrogen-bond donors (Lipinski definition) is 1. The third kappa shape index (κ3) is 5.60. The zero-order valence-electron chi connectivity index (χ0n) is 16.3. The second-order valence-corrected chi connectivity index (χ2v) is 6.62. The molecule has 5 nitrogen and oxygen atoms in total. The molecule has 0 fully saturated rings. The van der Waals surface area contributed by atoms with E-state index >= 15 is 0 Å². The van der Waals surface area contributed by atoms with Crippen molar-refractivity contribution < 1.29 is 26.5 Å². The quantitative estimate of drug-likeness (QED) is 0.435. The van der Waals surface area contributed by atoms with Crippen molar-refractivity contribution in [3.05, 3.63) is 85.0 Å². The molecule has 0 amide bonds. The van der Waals surface area contributed by atoms with Gasteiger partial charge in [-0.05, 0) is 30.4 Å². The molecule has 1 aliphatic carbocycles. The molecule has 1 aliphatic heterocycles. The van der Waals surface area contributed by atoms with Gasteiger partial charge in [-0.2, -0.15) is 17.2 Å². The zero-order valence-corrected chi connectivity index (χ0v) is 18.2. The van der Waals surface area contributed by atoms with Gasteiger partial charge in [0.15, 0.2) is 16.6 Å². The van der Waals surface area contributed by atoms with E-state index in [0.717, 1.165) is 23.3 Å². The molecule has 0 saturated heterocycles. The fourth-order valence-corrected chi connectivity index (χ4v) is 3.26. The van der Waals surface area contributed by atoms with Crippen LogP contribution in [0.15, 0.2) is 59.7 Å². The van der Waals surface area contributed by atoms with E-state index in [0.29, 0.717) is 11.5 Å². The number of hydrogen-bond acceptors (Lipinski definition) is 4. The Morgan fingerprint density at radius 3 is 2.55 bits per heavy atom. The summed E-state index contributed by atoms with van der Waals surface area (Å²) in [6.07, 6.45) is 10.7. The summed E-state index contributed by atoms with van der Waals surface area (Å²) in [5, 5.41) is 6.59. The van der Waals surface area contributed by atoms with Gasteiger partial charge >= 0.3 is 17.1 Å². The number of ether oxygens (including phenoxy) is 2. The van der Waals surface area contributed by atoms with Crippen molar-refractivity contribution in [3.63, 3.8) is 0 Å². The Bertz CT molecular complexity index is 859. The normalized spacial score (nSPS) is 16.8. The number of methoxy groups -OCH3 is 2. The molecule has 29 heavy (non-hydrogen) atoms. The third-order valence-corrected chi connectivity index (χ3v) is 4.67. The van der Waals surface area contributed by atoms with Gasteiger partial charge < -0.3 is 15.2 Å². The smallest absolute Gasteiger partial charge is 0.493 e. The largest absolute Gasteiger partial charge is 2.00 e. The number of rotatable bonds is 4. The minimum absolute atomic E-state index is 0. The van der Waals surface area contributed by atoms with Crippen molar-refractivity contribution in [2.45, 2.75) is 12.5 Å². The molecule has 7 heteroatoms. The van der Waals surface area contributed by atoms with Gasteiger partial charge in [0, 0.05) is 12.0 Å². The first-order valence-electron chi connectivity index (χ1n) is 8.91. The van der Waals surface area contributed by atoms with Crippen LogP contribution >= 0.6 is 12.2 Å². The number of thiocarbonyl (C=S) groups is 1. The van der Waals surface area contributed by atoms with E-state index in [1.165, 1.54) is 0 Å². The van der Waals surface area contributed by atoms with Crippen molar-refractivity contribution >= 4 is 23.0 Å². The molecule has 2 N–H and O–H groups in total. The molecule has 1 heterocycles. The summed E-state index contributed by atoms with van der Waals surface area (Å²) >= 11 is 5.15. The van der Waals surface area contributed by atoms with Gasteiger partial charge in [0.05, 0.1) is 26.0 Å². The number of benzene rings is 1. The Kier molecular flexibility index (Phi) is 8.70. The molecule has 1 atom stereocenters. The predicted octanol–water partition coefficient (Wildman–Crippen LogP) is 3.98. The monoisotopic (exact) mass is 449 g/mol. The van der Waals surface area contributed by atoms with Crippen LogP contribution in [-0.2, 0) is 17.1 Å². The van der Waals surface area contributed by atoms with Crippen molar-refractivity contribution in [1.82, 2.24) is 5.01 Å². The summed E-state index contributed by atoms with van der Waals surface area (Å²) in [4.78, 5) is 0. The van der Waals surface area contributed by atoms with Crippen LogP contribution in [0, 0.1) is 19.3 Å². The molecule has 0 aromatic heterocycles. The van der Waals surface area contributed by atoms with E-state index < -0.39 is 0 Å². The summed E-state index contributed by atoms with van der Waals surface area (Å²) in [5.41, 5.74) is 8.88. The van der Waals surface area contributed by atoms with Gasteiger partial charge in [-0.1, -0.05) is 0 Å². The first kappa shape index (κ1) is 22.9. The second kappa shape index (κ2) is 11.0. The maximum absolute atomic E-state index is 5.84. The van der Waals surface area contributed by atoms with Crippen LogP contribution < -0.4 is 15.2 Å². The molecule has 2 aromatic rings. The van der Waals surface area contributed by atoms with Crippen LogP contribution in [0.4, 0.5) is 0 Å². The molecule has 2 aliphatic rings. The summed E-state index contributed by atoms with van der Waals surface area (Å²) in [7, 11) is 3.23. The minimum Gasteiger partial charge on any atom is -0.493 e. The fraction of sp³-hybridized carbons (Fsp3) is 0.182. The molecular formula is C22H23FeN3O2S. The van der Waals surface area contributed by atoms with Crippen LogP contribution in [0.25, 0.3) is 0 Å². The summed E-state index contributed by atoms with van der Waals surface area (Å²) in [6.45, 7) is 0. The van der Waals surface area contributed by atoms with Crippen LogP contribution in [0.3, 0.4) is 0 Å². The summed E-state index contributed by atoms with van der Waals surface area (Å²) in [6, 6.07) is 13.9. The van der Waals surface area contributed by atoms with Gasteiger partial charge in [0.2, 0.25) is 0 Å². The van der Waals surface area contributed by atoms with Gasteiger partial charge in [-0.15, -0.1) is 18.4 Å². The minimum atomic E-state index is 0. The number of nitrogens with two attached hydrogens (primary N) is 1. The van der Waals surface area contributed by atoms with Crippen LogP contribution in [0.5, 0.6) is 11.5 Å². The molecule has 0 spiro atoms. The number of hydrazone groups is 1. The van der Waals surface area contributed by atoms with E-state index in [2.05, 4.69) is 17.2 Å². The van der Waals surface area contributed by atoms with E-state index in [9.17, 15) is 0 Å². The van der Waals surface area contributed by atoms with Crippen LogP contribution in [-0.4, -0.2) is 30.1 Å². The van der Waals surface area contributed by atoms with Crippen molar-refractivity contribution in [3.8, 4) is 11.5 Å². The Labute approximate surface area is 188 Å².